The van der Waals surface area contributed by atoms with E-state index >= 15 is 0 Å². The molecule has 1 aromatic carbocycles. The summed E-state index contributed by atoms with van der Waals surface area (Å²) in [5.41, 5.74) is 2.54. The number of aliphatic carboxylic acids is 1. The lowest BCUT2D eigenvalue weighted by Crippen LogP contribution is -2.28. The van der Waals surface area contributed by atoms with Crippen LogP contribution >= 0.6 is 0 Å². The van der Waals surface area contributed by atoms with E-state index in [4.69, 9.17) is 5.11 Å². The number of nitrogens with zero attached hydrogens (tertiary/aromatic N) is 4. The fourth-order valence-corrected chi connectivity index (χ4v) is 1.76. The van der Waals surface area contributed by atoms with E-state index < -0.39 is 12.0 Å². The highest BCUT2D eigenvalue weighted by molar-refractivity contribution is 5.77. The Labute approximate surface area is 110 Å². The van der Waals surface area contributed by atoms with Gasteiger partial charge in [-0.05, 0) is 41.5 Å². The van der Waals surface area contributed by atoms with E-state index in [2.05, 4.69) is 20.8 Å². The minimum Gasteiger partial charge on any atom is -0.480 e. The first-order chi connectivity index (χ1) is 9.11. The fraction of sp³-hybridized carbons (Fsp3) is 0.333. The van der Waals surface area contributed by atoms with E-state index in [-0.39, 0.29) is 0 Å². The van der Waals surface area contributed by atoms with Crippen molar-refractivity contribution in [2.75, 3.05) is 5.32 Å². The first kappa shape index (κ1) is 13.0. The number of carboxylic acid groups (broad SMARTS) is 1. The van der Waals surface area contributed by atoms with E-state index in [0.29, 0.717) is 6.42 Å². The summed E-state index contributed by atoms with van der Waals surface area (Å²) in [6.45, 7) is 3.76. The Kier molecular flexibility index (Phi) is 3.74. The lowest BCUT2D eigenvalue weighted by atomic mass is 10.1. The summed E-state index contributed by atoms with van der Waals surface area (Å²) < 4.78 is 1.54. The van der Waals surface area contributed by atoms with Gasteiger partial charge in [0.2, 0.25) is 0 Å². The van der Waals surface area contributed by atoms with E-state index in [1.165, 1.54) is 6.33 Å². The van der Waals surface area contributed by atoms with Crippen LogP contribution in [0, 0.1) is 6.92 Å². The van der Waals surface area contributed by atoms with Gasteiger partial charge in [0, 0.05) is 5.69 Å². The van der Waals surface area contributed by atoms with Crippen molar-refractivity contribution in [1.82, 2.24) is 20.2 Å². The molecule has 100 valence electrons. The van der Waals surface area contributed by atoms with Crippen molar-refractivity contribution in [3.05, 3.63) is 30.1 Å². The van der Waals surface area contributed by atoms with Gasteiger partial charge in [0.05, 0.1) is 5.69 Å². The zero-order chi connectivity index (χ0) is 13.8. The zero-order valence-electron chi connectivity index (χ0n) is 10.7. The topological polar surface area (TPSA) is 92.9 Å². The molecule has 0 radical (unpaired) electrons. The van der Waals surface area contributed by atoms with Gasteiger partial charge in [-0.3, -0.25) is 0 Å². The van der Waals surface area contributed by atoms with Crippen molar-refractivity contribution < 1.29 is 9.90 Å². The van der Waals surface area contributed by atoms with Gasteiger partial charge in [0.25, 0.3) is 0 Å². The number of carbonyl (C=O) groups is 1. The van der Waals surface area contributed by atoms with Gasteiger partial charge in [-0.2, -0.15) is 0 Å². The Morgan fingerprint density at radius 3 is 2.89 bits per heavy atom. The maximum Gasteiger partial charge on any atom is 0.326 e. The number of nitrogens with one attached hydrogen (secondary N) is 1. The molecule has 2 rings (SSSR count). The average molecular weight is 261 g/mol. The Bertz CT molecular complexity index is 568. The van der Waals surface area contributed by atoms with Crippen LogP contribution in [0.1, 0.15) is 18.9 Å². The number of aromatic nitrogens is 4. The van der Waals surface area contributed by atoms with Crippen LogP contribution in [-0.2, 0) is 4.79 Å². The molecule has 2 aromatic rings. The van der Waals surface area contributed by atoms with Crippen molar-refractivity contribution in [2.45, 2.75) is 26.3 Å². The number of anilines is 1. The molecular formula is C12H15N5O2. The third-order valence-corrected chi connectivity index (χ3v) is 2.85. The maximum atomic E-state index is 11.0. The molecule has 2 N–H and O–H groups in total. The van der Waals surface area contributed by atoms with E-state index in [9.17, 15) is 4.79 Å². The van der Waals surface area contributed by atoms with Crippen LogP contribution < -0.4 is 5.32 Å². The van der Waals surface area contributed by atoms with Gasteiger partial charge in [0.1, 0.15) is 12.4 Å². The largest absolute Gasteiger partial charge is 0.480 e. The summed E-state index contributed by atoms with van der Waals surface area (Å²) in [5, 5.41) is 23.0. The Morgan fingerprint density at radius 2 is 2.32 bits per heavy atom. The molecule has 0 amide bonds. The molecule has 19 heavy (non-hydrogen) atoms. The summed E-state index contributed by atoms with van der Waals surface area (Å²) in [6, 6.07) is 4.96. The highest BCUT2D eigenvalue weighted by Crippen LogP contribution is 2.19. The average Bonchev–Trinajstić information content (AvgIpc) is 2.91. The quantitative estimate of drug-likeness (QED) is 0.841. The predicted molar refractivity (Wildman–Crippen MR) is 69.2 cm³/mol. The third kappa shape index (κ3) is 2.87. The second-order valence-corrected chi connectivity index (χ2v) is 4.20. The summed E-state index contributed by atoms with van der Waals surface area (Å²) >= 11 is 0. The molecule has 1 atom stereocenters. The lowest BCUT2D eigenvalue weighted by molar-refractivity contribution is -0.137. The minimum atomic E-state index is -0.868. The second-order valence-electron chi connectivity index (χ2n) is 4.20. The Morgan fingerprint density at radius 1 is 1.53 bits per heavy atom. The third-order valence-electron chi connectivity index (χ3n) is 2.85. The molecule has 0 aliphatic heterocycles. The van der Waals surface area contributed by atoms with Crippen molar-refractivity contribution >= 4 is 11.7 Å². The molecule has 0 saturated heterocycles. The molecule has 7 nitrogen and oxygen atoms in total. The molecular weight excluding hydrogens is 246 g/mol. The second kappa shape index (κ2) is 5.47. The van der Waals surface area contributed by atoms with Crippen molar-refractivity contribution in [2.24, 2.45) is 0 Å². The van der Waals surface area contributed by atoms with Crippen LogP contribution in [0.3, 0.4) is 0 Å². The van der Waals surface area contributed by atoms with Crippen LogP contribution in [0.2, 0.25) is 0 Å². The maximum absolute atomic E-state index is 11.0. The van der Waals surface area contributed by atoms with Crippen LogP contribution in [0.25, 0.3) is 5.69 Å². The van der Waals surface area contributed by atoms with E-state index in [1.807, 2.05) is 32.0 Å². The van der Waals surface area contributed by atoms with Gasteiger partial charge in [-0.15, -0.1) is 5.10 Å². The molecule has 1 aromatic heterocycles. The first-order valence-corrected chi connectivity index (χ1v) is 5.95. The van der Waals surface area contributed by atoms with E-state index in [1.54, 1.807) is 4.68 Å². The van der Waals surface area contributed by atoms with Crippen molar-refractivity contribution in [3.8, 4) is 5.69 Å². The molecule has 0 saturated carbocycles. The molecule has 1 heterocycles. The summed E-state index contributed by atoms with van der Waals surface area (Å²) in [4.78, 5) is 11.0. The molecule has 0 spiro atoms. The Balaban J connectivity index is 2.29. The fourth-order valence-electron chi connectivity index (χ4n) is 1.76. The molecule has 1 unspecified atom stereocenters. The van der Waals surface area contributed by atoms with E-state index in [0.717, 1.165) is 16.9 Å². The Hall–Kier alpha value is -2.44. The SMILES string of the molecule is CCC(Nc1ccc(C)c(-n2cnnn2)c1)C(=O)O. The molecule has 0 aliphatic rings. The minimum absolute atomic E-state index is 0.503. The monoisotopic (exact) mass is 261 g/mol. The number of carboxylic acids is 1. The number of hydrogen-bond acceptors (Lipinski definition) is 5. The van der Waals surface area contributed by atoms with Gasteiger partial charge < -0.3 is 10.4 Å². The molecule has 0 fully saturated rings. The van der Waals surface area contributed by atoms with Gasteiger partial charge in [-0.25, -0.2) is 9.48 Å². The number of rotatable bonds is 5. The van der Waals surface area contributed by atoms with Crippen LogP contribution in [-0.4, -0.2) is 37.3 Å². The number of tetrazole rings is 1. The predicted octanol–water partition coefficient (Wildman–Crippen LogP) is 1.25. The normalized spacial score (nSPS) is 12.1. The molecule has 0 bridgehead atoms. The van der Waals surface area contributed by atoms with Gasteiger partial charge >= 0.3 is 5.97 Å². The van der Waals surface area contributed by atoms with Gasteiger partial charge in [-0.1, -0.05) is 13.0 Å². The van der Waals surface area contributed by atoms with Crippen LogP contribution in [0.5, 0.6) is 0 Å². The first-order valence-electron chi connectivity index (χ1n) is 5.95. The van der Waals surface area contributed by atoms with Gasteiger partial charge in [0.15, 0.2) is 0 Å². The summed E-state index contributed by atoms with van der Waals surface area (Å²) in [5.74, 6) is -0.868. The summed E-state index contributed by atoms with van der Waals surface area (Å²) in [7, 11) is 0. The van der Waals surface area contributed by atoms with Crippen molar-refractivity contribution in [1.29, 1.82) is 0 Å². The standard InChI is InChI=1S/C12H15N5O2/c1-3-10(12(18)19)14-9-5-4-8(2)11(6-9)17-7-13-15-16-17/h4-7,10,14H,3H2,1-2H3,(H,18,19). The number of aryl methyl sites for hydroxylation is 1. The lowest BCUT2D eigenvalue weighted by Gasteiger charge is -2.15. The highest BCUT2D eigenvalue weighted by Gasteiger charge is 2.15. The van der Waals surface area contributed by atoms with Crippen LogP contribution in [0.15, 0.2) is 24.5 Å². The molecule has 7 heteroatoms. The summed E-state index contributed by atoms with van der Waals surface area (Å²) in [6.07, 6.45) is 2.00. The van der Waals surface area contributed by atoms with Crippen molar-refractivity contribution in [3.63, 3.8) is 0 Å². The smallest absolute Gasteiger partial charge is 0.326 e. The van der Waals surface area contributed by atoms with Crippen LogP contribution in [0.4, 0.5) is 5.69 Å². The number of hydrogen-bond donors (Lipinski definition) is 2. The zero-order valence-corrected chi connectivity index (χ0v) is 10.7. The highest BCUT2D eigenvalue weighted by atomic mass is 16.4. The molecule has 0 aliphatic carbocycles. The number of benzene rings is 1.